The Bertz CT molecular complexity index is 1480. The number of hydrogen-bond acceptors (Lipinski definition) is 2. The van der Waals surface area contributed by atoms with Gasteiger partial charge in [0, 0.05) is 19.0 Å². The molecule has 3 nitrogen and oxygen atoms in total. The number of nitrogens with zero attached hydrogens (tertiary/aromatic N) is 1. The first-order valence-electron chi connectivity index (χ1n) is 13.5. The van der Waals surface area contributed by atoms with Crippen molar-refractivity contribution in [2.75, 3.05) is 13.1 Å². The molecule has 0 spiro atoms. The van der Waals surface area contributed by atoms with Gasteiger partial charge < -0.3 is 0 Å². The number of hydrogen-bond donors (Lipinski definition) is 0. The molecule has 6 heteroatoms. The average molecular weight is 558 g/mol. The minimum absolute atomic E-state index is 0.0213. The smallest absolute Gasteiger partial charge is 0.207 e. The molecule has 2 atom stereocenters. The lowest BCUT2D eigenvalue weighted by molar-refractivity contribution is 0.472. The number of benzene rings is 4. The Labute approximate surface area is 233 Å². The fourth-order valence-corrected chi connectivity index (χ4v) is 15.2. The fourth-order valence-electron chi connectivity index (χ4n) is 6.73. The zero-order chi connectivity index (χ0) is 27.8. The summed E-state index contributed by atoms with van der Waals surface area (Å²) in [5.41, 5.74) is 2.02. The van der Waals surface area contributed by atoms with Crippen LogP contribution in [0, 0.1) is 12.7 Å². The highest BCUT2D eigenvalue weighted by Gasteiger charge is 2.59. The molecule has 0 saturated carbocycles. The van der Waals surface area contributed by atoms with Crippen LogP contribution in [0.25, 0.3) is 0 Å². The molecule has 0 radical (unpaired) electrons. The van der Waals surface area contributed by atoms with E-state index in [9.17, 15) is 12.8 Å². The molecule has 0 aliphatic carbocycles. The topological polar surface area (TPSA) is 37.4 Å². The Kier molecular flexibility index (Phi) is 7.40. The lowest BCUT2D eigenvalue weighted by Crippen LogP contribution is -2.68. The first kappa shape index (κ1) is 27.5. The van der Waals surface area contributed by atoms with Crippen LogP contribution in [0.1, 0.15) is 37.8 Å². The van der Waals surface area contributed by atoms with E-state index in [-0.39, 0.29) is 22.3 Å². The second kappa shape index (κ2) is 10.5. The largest absolute Gasteiger partial charge is 0.243 e. The molecular formula is C33H36FNO2SSi. The summed E-state index contributed by atoms with van der Waals surface area (Å²) in [4.78, 5) is 0.314. The van der Waals surface area contributed by atoms with Gasteiger partial charge >= 0.3 is 0 Å². The second-order valence-electron chi connectivity index (χ2n) is 11.7. The maximum atomic E-state index is 14.1. The summed E-state index contributed by atoms with van der Waals surface area (Å²) in [7, 11) is -6.43. The van der Waals surface area contributed by atoms with Gasteiger partial charge in [0.2, 0.25) is 10.0 Å². The number of halogens is 1. The van der Waals surface area contributed by atoms with Crippen LogP contribution in [-0.2, 0) is 10.0 Å². The summed E-state index contributed by atoms with van der Waals surface area (Å²) < 4.78 is 43.8. The van der Waals surface area contributed by atoms with Crippen molar-refractivity contribution in [2.45, 2.75) is 49.1 Å². The molecule has 0 bridgehead atoms. The highest BCUT2D eigenvalue weighted by atomic mass is 32.2. The lowest BCUT2D eigenvalue weighted by Gasteiger charge is -2.50. The predicted molar refractivity (Wildman–Crippen MR) is 160 cm³/mol. The van der Waals surface area contributed by atoms with Gasteiger partial charge in [0.1, 0.15) is 13.9 Å². The van der Waals surface area contributed by atoms with Crippen LogP contribution in [-0.4, -0.2) is 33.9 Å². The van der Waals surface area contributed by atoms with Gasteiger partial charge in [-0.05, 0) is 47.3 Å². The molecule has 39 heavy (non-hydrogen) atoms. The van der Waals surface area contributed by atoms with Crippen LogP contribution in [0.15, 0.2) is 114 Å². The van der Waals surface area contributed by atoms with Crippen LogP contribution in [0.4, 0.5) is 4.39 Å². The summed E-state index contributed by atoms with van der Waals surface area (Å²) >= 11 is 0. The molecule has 202 valence electrons. The summed E-state index contributed by atoms with van der Waals surface area (Å²) in [5, 5.41) is 2.42. The van der Waals surface area contributed by atoms with E-state index in [0.717, 1.165) is 11.1 Å². The van der Waals surface area contributed by atoms with Crippen LogP contribution in [0.3, 0.4) is 0 Å². The number of aryl methyl sites for hydroxylation is 1. The van der Waals surface area contributed by atoms with E-state index in [1.807, 2.05) is 43.3 Å². The molecule has 1 heterocycles. The highest BCUT2D eigenvalue weighted by molar-refractivity contribution is 7.89. The maximum absolute atomic E-state index is 14.1. The molecule has 0 aromatic heterocycles. The van der Waals surface area contributed by atoms with Gasteiger partial charge in [-0.15, -0.1) is 0 Å². The molecule has 5 rings (SSSR count). The van der Waals surface area contributed by atoms with Gasteiger partial charge in [-0.2, -0.15) is 4.31 Å². The number of sulfonamides is 1. The lowest BCUT2D eigenvalue weighted by atomic mass is 9.98. The van der Waals surface area contributed by atoms with E-state index in [2.05, 4.69) is 69.3 Å². The van der Waals surface area contributed by atoms with Crippen molar-refractivity contribution in [3.05, 3.63) is 126 Å². The first-order valence-corrected chi connectivity index (χ1v) is 17.0. The van der Waals surface area contributed by atoms with Crippen LogP contribution in [0.2, 0.25) is 10.6 Å². The van der Waals surface area contributed by atoms with E-state index < -0.39 is 18.1 Å². The first-order chi connectivity index (χ1) is 18.5. The molecule has 1 saturated heterocycles. The SMILES string of the molecule is Cc1ccc(S(=O)(=O)N2C[C@@H]([Si](c3ccccc3)(c3ccccc3)C(C)(C)C)[C@H](c3ccc(F)cc3)C2)cc1. The third-order valence-corrected chi connectivity index (χ3v) is 16.8. The van der Waals surface area contributed by atoms with Crippen molar-refractivity contribution < 1.29 is 12.8 Å². The van der Waals surface area contributed by atoms with Crippen molar-refractivity contribution in [3.8, 4) is 0 Å². The van der Waals surface area contributed by atoms with Crippen LogP contribution >= 0.6 is 0 Å². The standard InChI is InChI=1S/C33H36FNO2SSi/c1-25-15-21-28(22-16-25)38(36,37)35-23-31(26-17-19-27(34)20-18-26)32(24-35)39(33(2,3)4,29-11-7-5-8-12-29)30-13-9-6-10-14-30/h5-22,31-32H,23-24H2,1-4H3/t31-,32+/m0/s1. The van der Waals surface area contributed by atoms with Crippen molar-refractivity contribution in [1.29, 1.82) is 0 Å². The molecular weight excluding hydrogens is 522 g/mol. The summed E-state index contributed by atoms with van der Waals surface area (Å²) in [6, 6.07) is 35.1. The van der Waals surface area contributed by atoms with Gasteiger partial charge in [0.15, 0.2) is 0 Å². The maximum Gasteiger partial charge on any atom is 0.243 e. The third-order valence-electron chi connectivity index (χ3n) is 8.44. The van der Waals surface area contributed by atoms with Crippen molar-refractivity contribution in [2.24, 2.45) is 0 Å². The molecule has 0 amide bonds. The third kappa shape index (κ3) is 4.90. The second-order valence-corrected chi connectivity index (χ2v) is 18.6. The van der Waals surface area contributed by atoms with Gasteiger partial charge in [-0.1, -0.05) is 122 Å². The minimum Gasteiger partial charge on any atom is -0.207 e. The molecule has 1 aliphatic rings. The van der Waals surface area contributed by atoms with Crippen molar-refractivity contribution >= 4 is 28.5 Å². The molecule has 4 aromatic rings. The van der Waals surface area contributed by atoms with E-state index >= 15 is 0 Å². The van der Waals surface area contributed by atoms with Crippen molar-refractivity contribution in [3.63, 3.8) is 0 Å². The van der Waals surface area contributed by atoms with E-state index in [0.29, 0.717) is 18.0 Å². The van der Waals surface area contributed by atoms with Gasteiger partial charge in [0.05, 0.1) is 4.90 Å². The average Bonchev–Trinajstić information content (AvgIpc) is 3.37. The Morgan fingerprint density at radius 1 is 0.744 bits per heavy atom. The highest BCUT2D eigenvalue weighted by Crippen LogP contribution is 2.52. The molecule has 0 unspecified atom stereocenters. The monoisotopic (exact) mass is 557 g/mol. The Morgan fingerprint density at radius 3 is 1.74 bits per heavy atom. The summed E-state index contributed by atoms with van der Waals surface area (Å²) in [5.74, 6) is -0.375. The zero-order valence-electron chi connectivity index (χ0n) is 23.0. The fraction of sp³-hybridized carbons (Fsp3) is 0.273. The molecule has 1 fully saturated rings. The summed E-state index contributed by atoms with van der Waals surface area (Å²) in [6.45, 7) is 9.63. The van der Waals surface area contributed by atoms with Gasteiger partial charge in [-0.3, -0.25) is 0 Å². The molecule has 0 N–H and O–H groups in total. The Balaban J connectivity index is 1.75. The predicted octanol–water partition coefficient (Wildman–Crippen LogP) is 6.36. The van der Waals surface area contributed by atoms with E-state index in [1.165, 1.54) is 22.5 Å². The van der Waals surface area contributed by atoms with Gasteiger partial charge in [0.25, 0.3) is 0 Å². The minimum atomic E-state index is -3.73. The normalized spacial score (nSPS) is 18.8. The van der Waals surface area contributed by atoms with Crippen molar-refractivity contribution in [1.82, 2.24) is 4.31 Å². The number of rotatable bonds is 6. The van der Waals surface area contributed by atoms with E-state index in [4.69, 9.17) is 0 Å². The van der Waals surface area contributed by atoms with Crippen LogP contribution < -0.4 is 10.4 Å². The zero-order valence-corrected chi connectivity index (χ0v) is 24.8. The van der Waals surface area contributed by atoms with Crippen LogP contribution in [0.5, 0.6) is 0 Å². The molecule has 4 aromatic carbocycles. The summed E-state index contributed by atoms with van der Waals surface area (Å²) in [6.07, 6.45) is 0. The van der Waals surface area contributed by atoms with E-state index in [1.54, 1.807) is 16.4 Å². The quantitative estimate of drug-likeness (QED) is 0.259. The Morgan fingerprint density at radius 2 is 1.26 bits per heavy atom. The molecule has 1 aliphatic heterocycles. The Hall–Kier alpha value is -3.06. The van der Waals surface area contributed by atoms with Gasteiger partial charge in [-0.25, -0.2) is 12.8 Å².